The molecule has 0 amide bonds. The van der Waals surface area contributed by atoms with E-state index in [1.54, 1.807) is 12.1 Å². The van der Waals surface area contributed by atoms with Crippen molar-refractivity contribution >= 4 is 41.4 Å². The van der Waals surface area contributed by atoms with E-state index in [0.29, 0.717) is 48.2 Å². The predicted molar refractivity (Wildman–Crippen MR) is 137 cm³/mol. The van der Waals surface area contributed by atoms with Crippen molar-refractivity contribution in [1.82, 2.24) is 9.78 Å². The molecule has 0 saturated carbocycles. The van der Waals surface area contributed by atoms with Crippen molar-refractivity contribution in [2.24, 2.45) is 10.7 Å². The van der Waals surface area contributed by atoms with E-state index in [1.807, 2.05) is 12.1 Å². The molecule has 1 heterocycles. The van der Waals surface area contributed by atoms with Gasteiger partial charge in [0, 0.05) is 12.2 Å². The van der Waals surface area contributed by atoms with E-state index in [2.05, 4.69) is 47.5 Å². The summed E-state index contributed by atoms with van der Waals surface area (Å²) in [6, 6.07) is 15.9. The first-order valence-electron chi connectivity index (χ1n) is 10.1. The summed E-state index contributed by atoms with van der Waals surface area (Å²) in [5.41, 5.74) is 15.7. The maximum atomic E-state index is 13.2. The van der Waals surface area contributed by atoms with Crippen LogP contribution in [0.2, 0.25) is 0 Å². The Morgan fingerprint density at radius 2 is 1.97 bits per heavy atom. The number of guanidine groups is 1. The number of nitrogen functional groups attached to an aromatic ring is 1. The third-order valence-electron chi connectivity index (χ3n) is 4.86. The quantitative estimate of drug-likeness (QED) is 0.173. The van der Waals surface area contributed by atoms with E-state index in [1.165, 1.54) is 22.4 Å². The van der Waals surface area contributed by atoms with Crippen LogP contribution in [-0.2, 0) is 6.42 Å². The molecule has 9 heteroatoms. The van der Waals surface area contributed by atoms with E-state index in [9.17, 15) is 9.65 Å². The zero-order valence-electron chi connectivity index (χ0n) is 18.0. The normalized spacial score (nSPS) is 11.2. The molecule has 0 spiro atoms. The van der Waals surface area contributed by atoms with Crippen molar-refractivity contribution in [2.45, 2.75) is 32.6 Å². The second-order valence-corrected chi connectivity index (χ2v) is 7.48. The Morgan fingerprint density at radius 1 is 1.25 bits per heavy atom. The second-order valence-electron chi connectivity index (χ2n) is 7.48. The Kier molecular flexibility index (Phi) is 9.02. The van der Waals surface area contributed by atoms with Gasteiger partial charge in [-0.3, -0.25) is 4.99 Å². The van der Waals surface area contributed by atoms with Crippen LogP contribution in [0.25, 0.3) is 5.69 Å². The molecule has 0 fully saturated rings. The molecule has 0 unspecified atom stereocenters. The molecule has 1 aromatic heterocycles. The van der Waals surface area contributed by atoms with Crippen molar-refractivity contribution in [3.05, 3.63) is 71.2 Å². The standard InChI is InChI=1S/C23H26FN7.HI/c1-15(2)16-5-3-6-18(13-16)29-23(27)28-12-4-7-21-20(14-25)22(26)31(30-21)19-10-8-17(24)9-11-19;/h3,5-6,8-11,13,15H,4,7,12,26H2,1-2H3,(H3,27,28,29);1H. The van der Waals surface area contributed by atoms with Crippen LogP contribution in [0.1, 0.15) is 43.0 Å². The Morgan fingerprint density at radius 3 is 2.62 bits per heavy atom. The second kappa shape index (κ2) is 11.5. The molecule has 3 rings (SSSR count). The summed E-state index contributed by atoms with van der Waals surface area (Å²) in [5, 5.41) is 17.0. The average molecular weight is 547 g/mol. The number of nitriles is 1. The number of anilines is 2. The van der Waals surface area contributed by atoms with Gasteiger partial charge < -0.3 is 16.8 Å². The van der Waals surface area contributed by atoms with Gasteiger partial charge in [-0.05, 0) is 60.7 Å². The highest BCUT2D eigenvalue weighted by Gasteiger charge is 2.16. The molecule has 2 aromatic carbocycles. The highest BCUT2D eigenvalue weighted by molar-refractivity contribution is 14.0. The molecule has 0 aliphatic carbocycles. The lowest BCUT2D eigenvalue weighted by Crippen LogP contribution is -2.23. The molecule has 0 aliphatic heterocycles. The van der Waals surface area contributed by atoms with Crippen molar-refractivity contribution in [1.29, 1.82) is 5.26 Å². The summed E-state index contributed by atoms with van der Waals surface area (Å²) in [5.74, 6) is 0.642. The molecular formula is C23H27FIN7. The number of aliphatic imine (C=N–C) groups is 1. The smallest absolute Gasteiger partial charge is 0.193 e. The molecule has 0 atom stereocenters. The van der Waals surface area contributed by atoms with Crippen molar-refractivity contribution in [2.75, 3.05) is 17.6 Å². The number of nitrogens with zero attached hydrogens (tertiary/aromatic N) is 4. The number of hydrogen-bond acceptors (Lipinski definition) is 4. The number of benzene rings is 2. The molecule has 3 aromatic rings. The number of nitrogens with one attached hydrogen (secondary N) is 1. The minimum atomic E-state index is -0.352. The van der Waals surface area contributed by atoms with Gasteiger partial charge in [0.15, 0.2) is 5.96 Å². The molecule has 32 heavy (non-hydrogen) atoms. The highest BCUT2D eigenvalue weighted by atomic mass is 127. The first-order chi connectivity index (χ1) is 14.9. The van der Waals surface area contributed by atoms with Gasteiger partial charge in [-0.2, -0.15) is 10.4 Å². The monoisotopic (exact) mass is 547 g/mol. The molecule has 0 aliphatic rings. The summed E-state index contributed by atoms with van der Waals surface area (Å²) in [4.78, 5) is 4.35. The van der Waals surface area contributed by atoms with Crippen LogP contribution in [0.4, 0.5) is 15.9 Å². The number of halogens is 2. The Bertz CT molecular complexity index is 1110. The van der Waals surface area contributed by atoms with Gasteiger partial charge in [0.25, 0.3) is 0 Å². The topological polar surface area (TPSA) is 118 Å². The van der Waals surface area contributed by atoms with Crippen LogP contribution in [-0.4, -0.2) is 22.3 Å². The van der Waals surface area contributed by atoms with Crippen molar-refractivity contribution in [3.63, 3.8) is 0 Å². The number of aromatic nitrogens is 2. The molecule has 0 saturated heterocycles. The zero-order valence-corrected chi connectivity index (χ0v) is 20.4. The third kappa shape index (κ3) is 6.20. The first-order valence-corrected chi connectivity index (χ1v) is 10.1. The lowest BCUT2D eigenvalue weighted by atomic mass is 10.0. The molecular weight excluding hydrogens is 520 g/mol. The van der Waals surface area contributed by atoms with Gasteiger partial charge in [0.2, 0.25) is 0 Å². The van der Waals surface area contributed by atoms with E-state index in [-0.39, 0.29) is 35.6 Å². The molecule has 5 N–H and O–H groups in total. The molecule has 7 nitrogen and oxygen atoms in total. The third-order valence-corrected chi connectivity index (χ3v) is 4.86. The number of rotatable bonds is 7. The van der Waals surface area contributed by atoms with Gasteiger partial charge >= 0.3 is 0 Å². The van der Waals surface area contributed by atoms with E-state index in [4.69, 9.17) is 11.5 Å². The van der Waals surface area contributed by atoms with Crippen LogP contribution in [0, 0.1) is 17.1 Å². The Labute approximate surface area is 204 Å². The first kappa shape index (κ1) is 25.1. The summed E-state index contributed by atoms with van der Waals surface area (Å²) < 4.78 is 14.6. The molecule has 0 radical (unpaired) electrons. The fourth-order valence-electron chi connectivity index (χ4n) is 3.16. The maximum absolute atomic E-state index is 13.2. The summed E-state index contributed by atoms with van der Waals surface area (Å²) in [7, 11) is 0. The van der Waals surface area contributed by atoms with E-state index >= 15 is 0 Å². The lowest BCUT2D eigenvalue weighted by molar-refractivity contribution is 0.627. The van der Waals surface area contributed by atoms with Crippen LogP contribution in [0.5, 0.6) is 0 Å². The fourth-order valence-corrected chi connectivity index (χ4v) is 3.16. The van der Waals surface area contributed by atoms with Gasteiger partial charge in [0.1, 0.15) is 23.3 Å². The average Bonchev–Trinajstić information content (AvgIpc) is 3.07. The highest BCUT2D eigenvalue weighted by Crippen LogP contribution is 2.22. The van der Waals surface area contributed by atoms with Gasteiger partial charge in [-0.1, -0.05) is 26.0 Å². The van der Waals surface area contributed by atoms with E-state index in [0.717, 1.165) is 5.69 Å². The van der Waals surface area contributed by atoms with Gasteiger partial charge in [-0.15, -0.1) is 24.0 Å². The number of aryl methyl sites for hydroxylation is 1. The fraction of sp³-hybridized carbons (Fsp3) is 0.261. The van der Waals surface area contributed by atoms with Crippen molar-refractivity contribution in [3.8, 4) is 11.8 Å². The predicted octanol–water partition coefficient (Wildman–Crippen LogP) is 4.57. The van der Waals surface area contributed by atoms with E-state index < -0.39 is 0 Å². The summed E-state index contributed by atoms with van der Waals surface area (Å²) in [6.07, 6.45) is 1.16. The summed E-state index contributed by atoms with van der Waals surface area (Å²) >= 11 is 0. The minimum Gasteiger partial charge on any atom is -0.382 e. The van der Waals surface area contributed by atoms with Crippen LogP contribution in [0.15, 0.2) is 53.5 Å². The van der Waals surface area contributed by atoms with Crippen molar-refractivity contribution < 1.29 is 4.39 Å². The van der Waals surface area contributed by atoms with Gasteiger partial charge in [0.05, 0.1) is 11.4 Å². The van der Waals surface area contributed by atoms with Crippen LogP contribution in [0.3, 0.4) is 0 Å². The van der Waals surface area contributed by atoms with Crippen LogP contribution >= 0.6 is 24.0 Å². The lowest BCUT2D eigenvalue weighted by Gasteiger charge is -2.09. The maximum Gasteiger partial charge on any atom is 0.193 e. The number of hydrogen-bond donors (Lipinski definition) is 3. The molecule has 168 valence electrons. The summed E-state index contributed by atoms with van der Waals surface area (Å²) in [6.45, 7) is 4.74. The SMILES string of the molecule is CC(C)c1cccc(NC(N)=NCCCc2nn(-c3ccc(F)cc3)c(N)c2C#N)c1.I. The zero-order chi connectivity index (χ0) is 22.4. The largest absolute Gasteiger partial charge is 0.382 e. The Hall–Kier alpha value is -3.13. The molecule has 0 bridgehead atoms. The van der Waals surface area contributed by atoms with Gasteiger partial charge in [-0.25, -0.2) is 9.07 Å². The van der Waals surface area contributed by atoms with Crippen LogP contribution < -0.4 is 16.8 Å². The number of nitrogens with two attached hydrogens (primary N) is 2. The minimum absolute atomic E-state index is 0. The Balaban J connectivity index is 0.00000363.